The highest BCUT2D eigenvalue weighted by atomic mass is 16.5. The topological polar surface area (TPSA) is 53.1 Å². The summed E-state index contributed by atoms with van der Waals surface area (Å²) in [6, 6.07) is 26.7. The van der Waals surface area contributed by atoms with Crippen LogP contribution in [0.4, 0.5) is 5.69 Å². The van der Waals surface area contributed by atoms with Gasteiger partial charge in [0.05, 0.1) is 37.6 Å². The first-order valence-corrected chi connectivity index (χ1v) is 13.5. The van der Waals surface area contributed by atoms with Gasteiger partial charge in [0.2, 0.25) is 0 Å². The second kappa shape index (κ2) is 13.3. The third-order valence-corrected chi connectivity index (χ3v) is 6.79. The van der Waals surface area contributed by atoms with Crippen LogP contribution >= 0.6 is 0 Å². The molecule has 0 atom stereocenters. The smallest absolute Gasteiger partial charge is 0.134 e. The maximum absolute atomic E-state index is 6.30. The summed E-state index contributed by atoms with van der Waals surface area (Å²) in [6.07, 6.45) is 1.85. The fourth-order valence-electron chi connectivity index (χ4n) is 4.64. The maximum atomic E-state index is 6.30. The van der Waals surface area contributed by atoms with Crippen molar-refractivity contribution in [3.8, 4) is 11.5 Å². The summed E-state index contributed by atoms with van der Waals surface area (Å²) in [6.45, 7) is 7.78. The quantitative estimate of drug-likeness (QED) is 0.207. The minimum atomic E-state index is 0.459. The van der Waals surface area contributed by atoms with Gasteiger partial charge in [-0.3, -0.25) is 0 Å². The number of rotatable bonds is 12. The van der Waals surface area contributed by atoms with E-state index in [4.69, 9.17) is 23.9 Å². The highest BCUT2D eigenvalue weighted by molar-refractivity contribution is 5.86. The van der Waals surface area contributed by atoms with Crippen molar-refractivity contribution in [2.45, 2.75) is 33.0 Å². The van der Waals surface area contributed by atoms with E-state index in [1.165, 1.54) is 5.69 Å². The molecule has 0 amide bonds. The monoisotopic (exact) mass is 512 g/mol. The summed E-state index contributed by atoms with van der Waals surface area (Å²) in [7, 11) is 0. The molecule has 0 spiro atoms. The molecule has 0 bridgehead atoms. The number of hydrogen-bond donors (Lipinski definition) is 0. The lowest BCUT2D eigenvalue weighted by Crippen LogP contribution is -2.36. The molecule has 3 aromatic carbocycles. The number of fused-ring (bicyclic) bond motifs is 1. The van der Waals surface area contributed by atoms with E-state index in [2.05, 4.69) is 48.2 Å². The molecule has 1 fully saturated rings. The van der Waals surface area contributed by atoms with Crippen molar-refractivity contribution >= 4 is 16.6 Å². The Hall–Kier alpha value is -3.61. The molecule has 0 saturated carbocycles. The number of unbranched alkanes of at least 4 members (excludes halogenated alkanes) is 1. The number of para-hydroxylation sites is 1. The number of benzene rings is 3. The Kier molecular flexibility index (Phi) is 9.08. The Morgan fingerprint density at radius 3 is 2.47 bits per heavy atom. The van der Waals surface area contributed by atoms with Crippen molar-refractivity contribution in [3.63, 3.8) is 0 Å². The normalized spacial score (nSPS) is 13.6. The molecule has 198 valence electrons. The van der Waals surface area contributed by atoms with Gasteiger partial charge in [-0.05, 0) is 49.6 Å². The van der Waals surface area contributed by atoms with Crippen LogP contribution in [-0.4, -0.2) is 44.5 Å². The van der Waals surface area contributed by atoms with Gasteiger partial charge in [0.25, 0.3) is 0 Å². The first kappa shape index (κ1) is 26.0. The standard InChI is InChI=1S/C32H36N2O4/c1-25-31(33-30-15-6-5-14-29(30)32(25)38-23-26-10-3-2-4-11-26)24-36-18-7-8-19-37-28-13-9-12-27(22-28)34-16-20-35-21-17-34/h2-6,9-15,22H,7-8,16-21,23-24H2,1H3. The molecule has 6 heteroatoms. The van der Waals surface area contributed by atoms with Gasteiger partial charge >= 0.3 is 0 Å². The molecule has 4 aromatic rings. The lowest BCUT2D eigenvalue weighted by molar-refractivity contribution is 0.111. The van der Waals surface area contributed by atoms with Crippen molar-refractivity contribution < 1.29 is 18.9 Å². The Morgan fingerprint density at radius 2 is 1.61 bits per heavy atom. The SMILES string of the molecule is Cc1c(COCCCCOc2cccc(N3CCOCC3)c2)nc2ccccc2c1OCc1ccccc1. The Balaban J connectivity index is 1.10. The van der Waals surface area contributed by atoms with Crippen LogP contribution in [0.25, 0.3) is 10.9 Å². The lowest BCUT2D eigenvalue weighted by Gasteiger charge is -2.29. The van der Waals surface area contributed by atoms with Gasteiger partial charge in [-0.1, -0.05) is 48.5 Å². The van der Waals surface area contributed by atoms with Crippen molar-refractivity contribution in [3.05, 3.63) is 95.7 Å². The van der Waals surface area contributed by atoms with E-state index in [-0.39, 0.29) is 0 Å². The highest BCUT2D eigenvalue weighted by Gasteiger charge is 2.14. The number of anilines is 1. The summed E-state index contributed by atoms with van der Waals surface area (Å²) < 4.78 is 23.8. The fourth-order valence-corrected chi connectivity index (χ4v) is 4.64. The Morgan fingerprint density at radius 1 is 0.816 bits per heavy atom. The van der Waals surface area contributed by atoms with Crippen molar-refractivity contribution in [2.75, 3.05) is 44.4 Å². The van der Waals surface area contributed by atoms with E-state index < -0.39 is 0 Å². The first-order chi connectivity index (χ1) is 18.8. The van der Waals surface area contributed by atoms with Gasteiger partial charge in [0, 0.05) is 42.4 Å². The summed E-state index contributed by atoms with van der Waals surface area (Å²) in [5.74, 6) is 1.79. The minimum Gasteiger partial charge on any atom is -0.494 e. The van der Waals surface area contributed by atoms with Crippen LogP contribution in [0.1, 0.15) is 29.7 Å². The van der Waals surface area contributed by atoms with E-state index in [9.17, 15) is 0 Å². The van der Waals surface area contributed by atoms with Gasteiger partial charge < -0.3 is 23.8 Å². The molecule has 0 N–H and O–H groups in total. The van der Waals surface area contributed by atoms with Crippen LogP contribution in [0, 0.1) is 6.92 Å². The second-order valence-corrected chi connectivity index (χ2v) is 9.51. The number of hydrogen-bond acceptors (Lipinski definition) is 6. The number of aromatic nitrogens is 1. The highest BCUT2D eigenvalue weighted by Crippen LogP contribution is 2.31. The summed E-state index contributed by atoms with van der Waals surface area (Å²) in [5.41, 5.74) is 5.21. The number of nitrogens with zero attached hydrogens (tertiary/aromatic N) is 2. The van der Waals surface area contributed by atoms with Crippen LogP contribution in [0.3, 0.4) is 0 Å². The zero-order chi connectivity index (χ0) is 26.0. The summed E-state index contributed by atoms with van der Waals surface area (Å²) in [5, 5.41) is 1.03. The van der Waals surface area contributed by atoms with E-state index in [1.54, 1.807) is 0 Å². The number of ether oxygens (including phenoxy) is 4. The molecular weight excluding hydrogens is 476 g/mol. The van der Waals surface area contributed by atoms with Gasteiger partial charge in [0.15, 0.2) is 0 Å². The number of pyridine rings is 1. The van der Waals surface area contributed by atoms with Crippen LogP contribution in [0.5, 0.6) is 11.5 Å². The van der Waals surface area contributed by atoms with Crippen molar-refractivity contribution in [2.24, 2.45) is 0 Å². The molecule has 1 aliphatic rings. The fraction of sp³-hybridized carbons (Fsp3) is 0.344. The van der Waals surface area contributed by atoms with Gasteiger partial charge in [-0.15, -0.1) is 0 Å². The molecule has 0 unspecified atom stereocenters. The molecule has 0 radical (unpaired) electrons. The first-order valence-electron chi connectivity index (χ1n) is 13.5. The maximum Gasteiger partial charge on any atom is 0.134 e. The van der Waals surface area contributed by atoms with Gasteiger partial charge in [-0.2, -0.15) is 0 Å². The molecule has 0 aliphatic carbocycles. The van der Waals surface area contributed by atoms with E-state index in [0.717, 1.165) is 78.4 Å². The van der Waals surface area contributed by atoms with Crippen LogP contribution in [-0.2, 0) is 22.7 Å². The average Bonchev–Trinajstić information content (AvgIpc) is 2.97. The van der Waals surface area contributed by atoms with E-state index >= 15 is 0 Å². The van der Waals surface area contributed by atoms with Gasteiger partial charge in [0.1, 0.15) is 18.1 Å². The molecule has 1 saturated heterocycles. The molecular formula is C32H36N2O4. The van der Waals surface area contributed by atoms with Crippen LogP contribution < -0.4 is 14.4 Å². The van der Waals surface area contributed by atoms with Gasteiger partial charge in [-0.25, -0.2) is 4.98 Å². The zero-order valence-electron chi connectivity index (χ0n) is 22.1. The molecule has 6 nitrogen and oxygen atoms in total. The summed E-state index contributed by atoms with van der Waals surface area (Å²) >= 11 is 0. The van der Waals surface area contributed by atoms with Crippen LogP contribution in [0.15, 0.2) is 78.9 Å². The van der Waals surface area contributed by atoms with Crippen LogP contribution in [0.2, 0.25) is 0 Å². The molecule has 38 heavy (non-hydrogen) atoms. The molecule has 5 rings (SSSR count). The molecule has 1 aromatic heterocycles. The third kappa shape index (κ3) is 6.82. The van der Waals surface area contributed by atoms with Crippen molar-refractivity contribution in [1.29, 1.82) is 0 Å². The Bertz CT molecular complexity index is 1310. The molecule has 2 heterocycles. The zero-order valence-corrected chi connectivity index (χ0v) is 22.1. The lowest BCUT2D eigenvalue weighted by atomic mass is 10.1. The van der Waals surface area contributed by atoms with E-state index in [0.29, 0.717) is 26.4 Å². The Labute approximate surface area is 225 Å². The predicted octanol–water partition coefficient (Wildman–Crippen LogP) is 6.33. The van der Waals surface area contributed by atoms with Crippen molar-refractivity contribution in [1.82, 2.24) is 4.98 Å². The summed E-state index contributed by atoms with van der Waals surface area (Å²) in [4.78, 5) is 7.21. The number of morpholine rings is 1. The third-order valence-electron chi connectivity index (χ3n) is 6.79. The largest absolute Gasteiger partial charge is 0.494 e. The minimum absolute atomic E-state index is 0.459. The molecule has 1 aliphatic heterocycles. The predicted molar refractivity (Wildman–Crippen MR) is 151 cm³/mol. The average molecular weight is 513 g/mol. The second-order valence-electron chi connectivity index (χ2n) is 9.51. The van der Waals surface area contributed by atoms with E-state index in [1.807, 2.05) is 42.5 Å².